The van der Waals surface area contributed by atoms with E-state index in [4.69, 9.17) is 14.2 Å². The molecule has 0 fully saturated rings. The molecule has 0 aromatic heterocycles. The summed E-state index contributed by atoms with van der Waals surface area (Å²) >= 11 is 0. The van der Waals surface area contributed by atoms with Crippen molar-refractivity contribution in [2.45, 2.75) is 19.9 Å². The SMILES string of the molecule is C=C(C)C(NCC)c1cc(OC)c(OC)c(OC)c1. The summed E-state index contributed by atoms with van der Waals surface area (Å²) in [4.78, 5) is 0. The van der Waals surface area contributed by atoms with Crippen molar-refractivity contribution in [2.24, 2.45) is 0 Å². The van der Waals surface area contributed by atoms with Crippen molar-refractivity contribution in [3.8, 4) is 17.2 Å². The molecule has 0 spiro atoms. The predicted octanol–water partition coefficient (Wildman–Crippen LogP) is 2.94. The van der Waals surface area contributed by atoms with E-state index in [9.17, 15) is 0 Å². The summed E-state index contributed by atoms with van der Waals surface area (Å²) in [5.74, 6) is 1.91. The molecule has 0 aliphatic rings. The Balaban J connectivity index is 3.31. The largest absolute Gasteiger partial charge is 0.493 e. The van der Waals surface area contributed by atoms with Crippen LogP contribution in [0.15, 0.2) is 24.3 Å². The number of hydrogen-bond donors (Lipinski definition) is 1. The van der Waals surface area contributed by atoms with Crippen molar-refractivity contribution in [1.29, 1.82) is 0 Å². The Morgan fingerprint density at radius 3 is 2.00 bits per heavy atom. The molecule has 0 saturated heterocycles. The van der Waals surface area contributed by atoms with Crippen LogP contribution >= 0.6 is 0 Å². The van der Waals surface area contributed by atoms with Crippen LogP contribution in [0, 0.1) is 0 Å². The van der Waals surface area contributed by atoms with E-state index in [1.54, 1.807) is 21.3 Å². The molecule has 0 aliphatic carbocycles. The highest BCUT2D eigenvalue weighted by atomic mass is 16.5. The van der Waals surface area contributed by atoms with Crippen molar-refractivity contribution >= 4 is 0 Å². The van der Waals surface area contributed by atoms with Gasteiger partial charge in [0.2, 0.25) is 5.75 Å². The molecule has 19 heavy (non-hydrogen) atoms. The quantitative estimate of drug-likeness (QED) is 0.769. The number of ether oxygens (including phenoxy) is 3. The Morgan fingerprint density at radius 1 is 1.16 bits per heavy atom. The average Bonchev–Trinajstić information content (AvgIpc) is 2.42. The number of hydrogen-bond acceptors (Lipinski definition) is 4. The molecule has 1 rings (SSSR count). The lowest BCUT2D eigenvalue weighted by atomic mass is 10.00. The van der Waals surface area contributed by atoms with Crippen LogP contribution in [0.3, 0.4) is 0 Å². The molecule has 0 amide bonds. The predicted molar refractivity (Wildman–Crippen MR) is 77.3 cm³/mol. The third kappa shape index (κ3) is 3.41. The van der Waals surface area contributed by atoms with Gasteiger partial charge in [-0.2, -0.15) is 0 Å². The zero-order valence-corrected chi connectivity index (χ0v) is 12.4. The lowest BCUT2D eigenvalue weighted by Crippen LogP contribution is -2.21. The van der Waals surface area contributed by atoms with Crippen LogP contribution in [0.1, 0.15) is 25.5 Å². The van der Waals surface area contributed by atoms with E-state index in [2.05, 4.69) is 18.8 Å². The topological polar surface area (TPSA) is 39.7 Å². The summed E-state index contributed by atoms with van der Waals surface area (Å²) in [6.07, 6.45) is 0. The summed E-state index contributed by atoms with van der Waals surface area (Å²) in [6.45, 7) is 8.94. The number of benzene rings is 1. The van der Waals surface area contributed by atoms with Gasteiger partial charge in [0.25, 0.3) is 0 Å². The maximum atomic E-state index is 5.36. The van der Waals surface area contributed by atoms with Gasteiger partial charge >= 0.3 is 0 Å². The Hall–Kier alpha value is -1.68. The molecule has 0 saturated carbocycles. The third-order valence-electron chi connectivity index (χ3n) is 2.92. The second kappa shape index (κ2) is 7.04. The van der Waals surface area contributed by atoms with Crippen LogP contribution in [0.25, 0.3) is 0 Å². The van der Waals surface area contributed by atoms with Gasteiger partial charge in [0.15, 0.2) is 11.5 Å². The first-order valence-corrected chi connectivity index (χ1v) is 6.27. The molecule has 1 aromatic rings. The van der Waals surface area contributed by atoms with Crippen LogP contribution in [-0.2, 0) is 0 Å². The molecule has 1 unspecified atom stereocenters. The first-order chi connectivity index (χ1) is 9.08. The lowest BCUT2D eigenvalue weighted by molar-refractivity contribution is 0.323. The average molecular weight is 265 g/mol. The smallest absolute Gasteiger partial charge is 0.203 e. The van der Waals surface area contributed by atoms with Crippen LogP contribution in [0.4, 0.5) is 0 Å². The van der Waals surface area contributed by atoms with Crippen LogP contribution < -0.4 is 19.5 Å². The number of nitrogens with one attached hydrogen (secondary N) is 1. The standard InChI is InChI=1S/C15H23NO3/c1-7-16-14(10(2)3)11-8-12(17-4)15(19-6)13(9-11)18-5/h8-9,14,16H,2,7H2,1,3-6H3. The highest BCUT2D eigenvalue weighted by Crippen LogP contribution is 2.40. The first kappa shape index (κ1) is 15.4. The van der Waals surface area contributed by atoms with Crippen LogP contribution in [0.2, 0.25) is 0 Å². The van der Waals surface area contributed by atoms with Gasteiger partial charge in [-0.3, -0.25) is 0 Å². The fourth-order valence-corrected chi connectivity index (χ4v) is 2.05. The molecule has 4 heteroatoms. The highest BCUT2D eigenvalue weighted by molar-refractivity contribution is 5.55. The van der Waals surface area contributed by atoms with E-state index in [1.165, 1.54) is 0 Å². The normalized spacial score (nSPS) is 11.8. The molecule has 1 atom stereocenters. The Morgan fingerprint density at radius 2 is 1.68 bits per heavy atom. The molecule has 0 aliphatic heterocycles. The molecule has 0 radical (unpaired) electrons. The minimum absolute atomic E-state index is 0.0682. The van der Waals surface area contributed by atoms with Gasteiger partial charge < -0.3 is 19.5 Å². The summed E-state index contributed by atoms with van der Waals surface area (Å²) in [7, 11) is 4.83. The summed E-state index contributed by atoms with van der Waals surface area (Å²) in [5.41, 5.74) is 2.08. The van der Waals surface area contributed by atoms with Crippen molar-refractivity contribution in [1.82, 2.24) is 5.32 Å². The van der Waals surface area contributed by atoms with Crippen molar-refractivity contribution < 1.29 is 14.2 Å². The minimum atomic E-state index is 0.0682. The van der Waals surface area contributed by atoms with Gasteiger partial charge in [-0.05, 0) is 31.2 Å². The Kier molecular flexibility index (Phi) is 5.70. The van der Waals surface area contributed by atoms with Gasteiger partial charge in [-0.1, -0.05) is 19.1 Å². The molecule has 1 N–H and O–H groups in total. The number of rotatable bonds is 7. The molecule has 1 aromatic carbocycles. The van der Waals surface area contributed by atoms with Crippen LogP contribution in [-0.4, -0.2) is 27.9 Å². The minimum Gasteiger partial charge on any atom is -0.493 e. The monoisotopic (exact) mass is 265 g/mol. The number of methoxy groups -OCH3 is 3. The second-order valence-corrected chi connectivity index (χ2v) is 4.30. The lowest BCUT2D eigenvalue weighted by Gasteiger charge is -2.21. The fraction of sp³-hybridized carbons (Fsp3) is 0.467. The molecule has 0 heterocycles. The van der Waals surface area contributed by atoms with E-state index in [1.807, 2.05) is 19.1 Å². The second-order valence-electron chi connectivity index (χ2n) is 4.30. The van der Waals surface area contributed by atoms with Gasteiger partial charge in [0, 0.05) is 0 Å². The van der Waals surface area contributed by atoms with Crippen molar-refractivity contribution in [2.75, 3.05) is 27.9 Å². The van der Waals surface area contributed by atoms with Gasteiger partial charge in [-0.15, -0.1) is 0 Å². The van der Waals surface area contributed by atoms with Crippen molar-refractivity contribution in [3.05, 3.63) is 29.8 Å². The van der Waals surface area contributed by atoms with Crippen LogP contribution in [0.5, 0.6) is 17.2 Å². The zero-order chi connectivity index (χ0) is 14.4. The van der Waals surface area contributed by atoms with E-state index in [0.717, 1.165) is 17.7 Å². The summed E-state index contributed by atoms with van der Waals surface area (Å²) < 4.78 is 16.1. The molecular weight excluding hydrogens is 242 g/mol. The van der Waals surface area contributed by atoms with Gasteiger partial charge in [0.05, 0.1) is 27.4 Å². The maximum Gasteiger partial charge on any atom is 0.203 e. The molecule has 4 nitrogen and oxygen atoms in total. The summed E-state index contributed by atoms with van der Waals surface area (Å²) in [6, 6.07) is 3.96. The highest BCUT2D eigenvalue weighted by Gasteiger charge is 2.18. The molecule has 106 valence electrons. The maximum absolute atomic E-state index is 5.36. The van der Waals surface area contributed by atoms with Crippen molar-refractivity contribution in [3.63, 3.8) is 0 Å². The van der Waals surface area contributed by atoms with E-state index in [0.29, 0.717) is 17.2 Å². The Labute approximate surface area is 115 Å². The van der Waals surface area contributed by atoms with E-state index >= 15 is 0 Å². The first-order valence-electron chi connectivity index (χ1n) is 6.27. The Bertz CT molecular complexity index is 418. The zero-order valence-electron chi connectivity index (χ0n) is 12.4. The third-order valence-corrected chi connectivity index (χ3v) is 2.92. The van der Waals surface area contributed by atoms with Gasteiger partial charge in [0.1, 0.15) is 0 Å². The van der Waals surface area contributed by atoms with Gasteiger partial charge in [-0.25, -0.2) is 0 Å². The molecular formula is C15H23NO3. The molecule has 0 bridgehead atoms. The van der Waals surface area contributed by atoms with E-state index in [-0.39, 0.29) is 6.04 Å². The fourth-order valence-electron chi connectivity index (χ4n) is 2.05. The van der Waals surface area contributed by atoms with E-state index < -0.39 is 0 Å². The summed E-state index contributed by atoms with van der Waals surface area (Å²) in [5, 5.41) is 3.39. The number of likely N-dealkylation sites (N-methyl/N-ethyl adjacent to an activating group) is 1.